The molecule has 2 heterocycles. The van der Waals surface area contributed by atoms with E-state index in [2.05, 4.69) is 65.8 Å². The third kappa shape index (κ3) is 4.23. The molecule has 0 saturated heterocycles. The first kappa shape index (κ1) is 20.2. The van der Waals surface area contributed by atoms with E-state index in [1.165, 1.54) is 38.9 Å². The molecule has 31 heavy (non-hydrogen) atoms. The Balaban J connectivity index is 1.28. The second-order valence-corrected chi connectivity index (χ2v) is 10.0. The predicted molar refractivity (Wildman–Crippen MR) is 130 cm³/mol. The second kappa shape index (κ2) is 8.81. The molecule has 4 aromatic rings. The van der Waals surface area contributed by atoms with Crippen LogP contribution in [0.3, 0.4) is 0 Å². The number of benzene rings is 3. The average Bonchev–Trinajstić information content (AvgIpc) is 3.18. The fraction of sp³-hybridized carbons (Fsp3) is 0.259. The number of aryl methyl sites for hydroxylation is 1. The first-order valence-corrected chi connectivity index (χ1v) is 12.4. The molecule has 2 unspecified atom stereocenters. The molecular weight excluding hydrogens is 400 g/mol. The second-order valence-electron chi connectivity index (χ2n) is 8.46. The highest BCUT2D eigenvalue weighted by Crippen LogP contribution is 2.35. The maximum atomic E-state index is 12.6. The van der Waals surface area contributed by atoms with Crippen LogP contribution in [0.1, 0.15) is 29.7 Å². The molecule has 158 valence electrons. The van der Waals surface area contributed by atoms with Gasteiger partial charge >= 0.3 is 0 Å². The van der Waals surface area contributed by atoms with Crippen molar-refractivity contribution in [3.05, 3.63) is 89.6 Å². The minimum atomic E-state index is -0.913. The largest absolute Gasteiger partial charge is 0.358 e. The van der Waals surface area contributed by atoms with Crippen molar-refractivity contribution >= 4 is 21.7 Å². The third-order valence-corrected chi connectivity index (χ3v) is 7.74. The molecule has 3 aromatic carbocycles. The zero-order valence-electron chi connectivity index (χ0n) is 17.9. The van der Waals surface area contributed by atoms with Crippen LogP contribution >= 0.6 is 0 Å². The van der Waals surface area contributed by atoms with E-state index in [9.17, 15) is 4.21 Å². The standard InChI is InChI=1S/C27H28N2OS/c1-19-12-14-22(15-13-19)31(30)16-6-9-21-17-26-24(18-28-21)27-23(10-5-11-25(27)29-26)20-7-3-2-4-8-20/h2-5,7-8,10-15,21,28-29H,6,9,16-18H2,1H3. The van der Waals surface area contributed by atoms with Gasteiger partial charge in [-0.05, 0) is 54.7 Å². The smallest absolute Gasteiger partial charge is 0.0529 e. The first-order valence-electron chi connectivity index (χ1n) is 11.1. The van der Waals surface area contributed by atoms with Crippen molar-refractivity contribution < 1.29 is 4.21 Å². The molecular formula is C27H28N2OS. The van der Waals surface area contributed by atoms with Gasteiger partial charge in [0.15, 0.2) is 0 Å². The van der Waals surface area contributed by atoms with Crippen molar-refractivity contribution in [2.45, 2.75) is 43.7 Å². The molecule has 0 saturated carbocycles. The molecule has 3 nitrogen and oxygen atoms in total. The van der Waals surface area contributed by atoms with E-state index < -0.39 is 10.8 Å². The zero-order chi connectivity index (χ0) is 21.2. The third-order valence-electron chi connectivity index (χ3n) is 6.29. The van der Waals surface area contributed by atoms with E-state index in [-0.39, 0.29) is 0 Å². The summed E-state index contributed by atoms with van der Waals surface area (Å²) in [5.74, 6) is 0.721. The summed E-state index contributed by atoms with van der Waals surface area (Å²) in [4.78, 5) is 4.62. The van der Waals surface area contributed by atoms with Crippen molar-refractivity contribution in [3.8, 4) is 11.1 Å². The molecule has 2 N–H and O–H groups in total. The van der Waals surface area contributed by atoms with Gasteiger partial charge in [-0.3, -0.25) is 4.21 Å². The normalized spacial score (nSPS) is 16.9. The number of rotatable bonds is 6. The Labute approximate surface area is 186 Å². The highest BCUT2D eigenvalue weighted by Gasteiger charge is 2.23. The molecule has 0 fully saturated rings. The van der Waals surface area contributed by atoms with Gasteiger partial charge in [0.2, 0.25) is 0 Å². The Hall–Kier alpha value is -2.69. The SMILES string of the molecule is Cc1ccc(S(=O)CCCC2Cc3[nH]c4cccc(-c5ccccc5)c4c3CN2)cc1. The first-order chi connectivity index (χ1) is 15.2. The fourth-order valence-corrected chi connectivity index (χ4v) is 5.74. The lowest BCUT2D eigenvalue weighted by Gasteiger charge is -2.24. The molecule has 0 aliphatic carbocycles. The lowest BCUT2D eigenvalue weighted by atomic mass is 9.94. The van der Waals surface area contributed by atoms with Crippen molar-refractivity contribution in [2.75, 3.05) is 5.75 Å². The highest BCUT2D eigenvalue weighted by atomic mass is 32.2. The summed E-state index contributed by atoms with van der Waals surface area (Å²) >= 11 is 0. The van der Waals surface area contributed by atoms with Gasteiger partial charge in [0.05, 0.1) is 10.8 Å². The van der Waals surface area contributed by atoms with E-state index in [1.54, 1.807) is 0 Å². The quantitative estimate of drug-likeness (QED) is 0.411. The van der Waals surface area contributed by atoms with Crippen LogP contribution in [0.5, 0.6) is 0 Å². The number of hydrogen-bond donors (Lipinski definition) is 2. The summed E-state index contributed by atoms with van der Waals surface area (Å²) in [7, 11) is -0.913. The van der Waals surface area contributed by atoms with Crippen molar-refractivity contribution in [1.82, 2.24) is 10.3 Å². The zero-order valence-corrected chi connectivity index (χ0v) is 18.7. The summed E-state index contributed by atoms with van der Waals surface area (Å²) in [5, 5.41) is 5.08. The predicted octanol–water partition coefficient (Wildman–Crippen LogP) is 5.75. The van der Waals surface area contributed by atoms with Crippen LogP contribution in [-0.2, 0) is 23.8 Å². The number of H-pyrrole nitrogens is 1. The lowest BCUT2D eigenvalue weighted by Crippen LogP contribution is -2.35. The van der Waals surface area contributed by atoms with Crippen LogP contribution in [0.25, 0.3) is 22.0 Å². The highest BCUT2D eigenvalue weighted by molar-refractivity contribution is 7.85. The van der Waals surface area contributed by atoms with Gasteiger partial charge < -0.3 is 10.3 Å². The van der Waals surface area contributed by atoms with E-state index >= 15 is 0 Å². The molecule has 5 rings (SSSR count). The molecule has 2 atom stereocenters. The van der Waals surface area contributed by atoms with Crippen LogP contribution in [0.4, 0.5) is 0 Å². The van der Waals surface area contributed by atoms with Gasteiger partial charge in [-0.25, -0.2) is 0 Å². The molecule has 0 amide bonds. The van der Waals surface area contributed by atoms with Crippen LogP contribution in [0, 0.1) is 6.92 Å². The van der Waals surface area contributed by atoms with Gasteiger partial charge in [0, 0.05) is 46.3 Å². The Bertz CT molecular complexity index is 1210. The van der Waals surface area contributed by atoms with Crippen LogP contribution < -0.4 is 5.32 Å². The Morgan fingerprint density at radius 3 is 2.58 bits per heavy atom. The minimum absolute atomic E-state index is 0.427. The molecule has 1 aliphatic rings. The van der Waals surface area contributed by atoms with Gasteiger partial charge in [0.1, 0.15) is 0 Å². The number of hydrogen-bond acceptors (Lipinski definition) is 2. The fourth-order valence-electron chi connectivity index (χ4n) is 4.64. The maximum Gasteiger partial charge on any atom is 0.0529 e. The molecule has 0 spiro atoms. The van der Waals surface area contributed by atoms with Crippen molar-refractivity contribution in [3.63, 3.8) is 0 Å². The summed E-state index contributed by atoms with van der Waals surface area (Å²) < 4.78 is 12.6. The number of fused-ring (bicyclic) bond motifs is 3. The summed E-state index contributed by atoms with van der Waals surface area (Å²) in [5.41, 5.74) is 7.72. The monoisotopic (exact) mass is 428 g/mol. The van der Waals surface area contributed by atoms with Crippen molar-refractivity contribution in [2.24, 2.45) is 0 Å². The van der Waals surface area contributed by atoms with Gasteiger partial charge in [-0.15, -0.1) is 0 Å². The maximum absolute atomic E-state index is 12.6. The number of nitrogens with one attached hydrogen (secondary N) is 2. The number of aromatic nitrogens is 1. The Morgan fingerprint density at radius 2 is 1.77 bits per heavy atom. The lowest BCUT2D eigenvalue weighted by molar-refractivity contribution is 0.447. The topological polar surface area (TPSA) is 44.9 Å². The van der Waals surface area contributed by atoms with Gasteiger partial charge in [-0.2, -0.15) is 0 Å². The van der Waals surface area contributed by atoms with Crippen molar-refractivity contribution in [1.29, 1.82) is 0 Å². The van der Waals surface area contributed by atoms with E-state index in [4.69, 9.17) is 0 Å². The van der Waals surface area contributed by atoms with E-state index in [0.29, 0.717) is 6.04 Å². The van der Waals surface area contributed by atoms with Crippen LogP contribution in [-0.4, -0.2) is 21.0 Å². The van der Waals surface area contributed by atoms with Crippen LogP contribution in [0.15, 0.2) is 77.7 Å². The average molecular weight is 429 g/mol. The van der Waals surface area contributed by atoms with E-state index in [0.717, 1.165) is 36.5 Å². The molecule has 1 aliphatic heterocycles. The van der Waals surface area contributed by atoms with E-state index in [1.807, 2.05) is 24.3 Å². The summed E-state index contributed by atoms with van der Waals surface area (Å²) in [6, 6.07) is 25.7. The molecule has 0 bridgehead atoms. The minimum Gasteiger partial charge on any atom is -0.358 e. The van der Waals surface area contributed by atoms with Gasteiger partial charge in [-0.1, -0.05) is 60.2 Å². The molecule has 0 radical (unpaired) electrons. The summed E-state index contributed by atoms with van der Waals surface area (Å²) in [6.45, 7) is 2.94. The molecule has 4 heteroatoms. The Kier molecular flexibility index (Phi) is 5.75. The van der Waals surface area contributed by atoms with Gasteiger partial charge in [0.25, 0.3) is 0 Å². The number of aromatic amines is 1. The molecule has 1 aromatic heterocycles. The van der Waals surface area contributed by atoms with Crippen LogP contribution in [0.2, 0.25) is 0 Å². The Morgan fingerprint density at radius 1 is 0.968 bits per heavy atom. The summed E-state index contributed by atoms with van der Waals surface area (Å²) in [6.07, 6.45) is 3.00.